The van der Waals surface area contributed by atoms with Crippen LogP contribution in [-0.4, -0.2) is 16.1 Å². The van der Waals surface area contributed by atoms with Crippen LogP contribution in [0.2, 0.25) is 0 Å². The molecule has 0 spiro atoms. The molecule has 8 heteroatoms. The molecule has 0 fully saturated rings. The number of hydrogen-bond donors (Lipinski definition) is 3. The molecule has 0 aliphatic carbocycles. The van der Waals surface area contributed by atoms with Crippen molar-refractivity contribution in [3.63, 3.8) is 0 Å². The molecule has 0 aliphatic rings. The van der Waals surface area contributed by atoms with Crippen LogP contribution < -0.4 is 16.6 Å². The van der Waals surface area contributed by atoms with E-state index in [4.69, 9.17) is 5.84 Å². The van der Waals surface area contributed by atoms with E-state index in [0.29, 0.717) is 10.3 Å². The Hall–Kier alpha value is -2.06. The summed E-state index contributed by atoms with van der Waals surface area (Å²) in [5.74, 6) is 4.35. The highest BCUT2D eigenvalue weighted by molar-refractivity contribution is 9.10. The summed E-state index contributed by atoms with van der Waals surface area (Å²) in [6.07, 6.45) is 0. The second-order valence-corrected chi connectivity index (χ2v) is 4.44. The summed E-state index contributed by atoms with van der Waals surface area (Å²) >= 11 is 3.13. The lowest BCUT2D eigenvalue weighted by molar-refractivity contribution is 0.102. The van der Waals surface area contributed by atoms with Gasteiger partial charge in [0, 0.05) is 4.47 Å². The summed E-state index contributed by atoms with van der Waals surface area (Å²) in [6.45, 7) is 0. The molecule has 0 bridgehead atoms. The number of anilines is 2. The molecular formula is C11H9BrFN5O. The molecule has 6 nitrogen and oxygen atoms in total. The number of carbonyl (C=O) groups is 1. The normalized spacial score (nSPS) is 10.1. The van der Waals surface area contributed by atoms with Gasteiger partial charge in [-0.1, -0.05) is 15.9 Å². The largest absolute Gasteiger partial charge is 0.318 e. The number of hydrazine groups is 1. The average Bonchev–Trinajstić information content (AvgIpc) is 2.42. The fourth-order valence-corrected chi connectivity index (χ4v) is 1.64. The van der Waals surface area contributed by atoms with Crippen molar-refractivity contribution < 1.29 is 9.18 Å². The minimum Gasteiger partial charge on any atom is -0.318 e. The maximum atomic E-state index is 13.5. The molecule has 1 amide bonds. The quantitative estimate of drug-likeness (QED) is 0.592. The number of nitrogens with one attached hydrogen (secondary N) is 2. The topological polar surface area (TPSA) is 92.9 Å². The maximum Gasteiger partial charge on any atom is 0.276 e. The van der Waals surface area contributed by atoms with Crippen LogP contribution in [-0.2, 0) is 0 Å². The van der Waals surface area contributed by atoms with E-state index in [1.54, 1.807) is 6.07 Å². The Kier molecular flexibility index (Phi) is 4.03. The average molecular weight is 326 g/mol. The molecule has 4 N–H and O–H groups in total. The zero-order valence-electron chi connectivity index (χ0n) is 9.52. The van der Waals surface area contributed by atoms with Gasteiger partial charge in [0.15, 0.2) is 11.5 Å². The van der Waals surface area contributed by atoms with Crippen LogP contribution >= 0.6 is 15.9 Å². The third-order valence-corrected chi connectivity index (χ3v) is 2.72. The molecule has 0 saturated carbocycles. The van der Waals surface area contributed by atoms with Gasteiger partial charge < -0.3 is 10.7 Å². The van der Waals surface area contributed by atoms with Crippen molar-refractivity contribution >= 4 is 33.3 Å². The van der Waals surface area contributed by atoms with Crippen LogP contribution in [0.25, 0.3) is 0 Å². The maximum absolute atomic E-state index is 13.5. The van der Waals surface area contributed by atoms with Crippen molar-refractivity contribution in [2.75, 3.05) is 10.7 Å². The molecule has 0 saturated heterocycles. The molecule has 0 aliphatic heterocycles. The predicted molar refractivity (Wildman–Crippen MR) is 71.9 cm³/mol. The number of nitrogens with zero attached hydrogens (tertiary/aromatic N) is 2. The Labute approximate surface area is 116 Å². The first-order valence-electron chi connectivity index (χ1n) is 5.17. The summed E-state index contributed by atoms with van der Waals surface area (Å²) in [5, 5.41) is 9.71. The molecule has 19 heavy (non-hydrogen) atoms. The van der Waals surface area contributed by atoms with E-state index >= 15 is 0 Å². The van der Waals surface area contributed by atoms with Crippen LogP contribution in [0, 0.1) is 5.82 Å². The Balaban J connectivity index is 2.15. The van der Waals surface area contributed by atoms with Crippen molar-refractivity contribution in [1.29, 1.82) is 0 Å². The second-order valence-electron chi connectivity index (χ2n) is 3.53. The lowest BCUT2D eigenvalue weighted by Crippen LogP contribution is -2.16. The van der Waals surface area contributed by atoms with Gasteiger partial charge in [-0.25, -0.2) is 10.2 Å². The first kappa shape index (κ1) is 13.4. The second kappa shape index (κ2) is 5.72. The van der Waals surface area contributed by atoms with Crippen LogP contribution in [0.1, 0.15) is 10.5 Å². The summed E-state index contributed by atoms with van der Waals surface area (Å²) in [4.78, 5) is 11.8. The van der Waals surface area contributed by atoms with E-state index in [0.717, 1.165) is 0 Å². The molecule has 1 heterocycles. The smallest absolute Gasteiger partial charge is 0.276 e. The molecule has 0 atom stereocenters. The van der Waals surface area contributed by atoms with Gasteiger partial charge in [-0.05, 0) is 30.3 Å². The van der Waals surface area contributed by atoms with Crippen LogP contribution in [0.15, 0.2) is 34.8 Å². The van der Waals surface area contributed by atoms with Crippen molar-refractivity contribution in [2.45, 2.75) is 0 Å². The van der Waals surface area contributed by atoms with Crippen LogP contribution in [0.4, 0.5) is 15.9 Å². The number of carbonyl (C=O) groups excluding carboxylic acids is 1. The standard InChI is InChI=1S/C11H9BrFN5O/c12-6-1-2-8(7(13)5-6)15-11(19)9-3-4-10(16-14)18-17-9/h1-5H,14H2,(H,15,19)(H,16,18). The minimum atomic E-state index is -0.558. The van der Waals surface area contributed by atoms with Crippen molar-refractivity contribution in [3.8, 4) is 0 Å². The number of amides is 1. The molecule has 2 rings (SSSR count). The van der Waals surface area contributed by atoms with Crippen molar-refractivity contribution in [2.24, 2.45) is 5.84 Å². The SMILES string of the molecule is NNc1ccc(C(=O)Nc2ccc(Br)cc2F)nn1. The molecule has 2 aromatic rings. The number of halogens is 2. The van der Waals surface area contributed by atoms with E-state index in [1.165, 1.54) is 24.3 Å². The summed E-state index contributed by atoms with van der Waals surface area (Å²) in [7, 11) is 0. The number of rotatable bonds is 3. The zero-order chi connectivity index (χ0) is 13.8. The molecule has 0 radical (unpaired) electrons. The lowest BCUT2D eigenvalue weighted by Gasteiger charge is -2.06. The van der Waals surface area contributed by atoms with E-state index in [-0.39, 0.29) is 11.4 Å². The third-order valence-electron chi connectivity index (χ3n) is 2.22. The zero-order valence-corrected chi connectivity index (χ0v) is 11.1. The van der Waals surface area contributed by atoms with Crippen molar-refractivity contribution in [3.05, 3.63) is 46.3 Å². The van der Waals surface area contributed by atoms with Crippen molar-refractivity contribution in [1.82, 2.24) is 10.2 Å². The fraction of sp³-hybridized carbons (Fsp3) is 0. The number of hydrogen-bond acceptors (Lipinski definition) is 5. The van der Waals surface area contributed by atoms with E-state index in [1.807, 2.05) is 0 Å². The Morgan fingerprint density at radius 1 is 1.26 bits per heavy atom. The highest BCUT2D eigenvalue weighted by Gasteiger charge is 2.11. The van der Waals surface area contributed by atoms with Gasteiger partial charge in [0.25, 0.3) is 5.91 Å². The highest BCUT2D eigenvalue weighted by atomic mass is 79.9. The fourth-order valence-electron chi connectivity index (χ4n) is 1.31. The number of benzene rings is 1. The monoisotopic (exact) mass is 325 g/mol. The van der Waals surface area contributed by atoms with E-state index < -0.39 is 11.7 Å². The Morgan fingerprint density at radius 2 is 2.05 bits per heavy atom. The third kappa shape index (κ3) is 3.24. The molecule has 1 aromatic carbocycles. The first-order chi connectivity index (χ1) is 9.10. The van der Waals surface area contributed by atoms with Gasteiger partial charge in [-0.2, -0.15) is 0 Å². The van der Waals surface area contributed by atoms with Gasteiger partial charge in [0.1, 0.15) is 5.82 Å². The molecule has 0 unspecified atom stereocenters. The van der Waals surface area contributed by atoms with Gasteiger partial charge in [-0.15, -0.1) is 10.2 Å². The molecule has 98 valence electrons. The van der Waals surface area contributed by atoms with Crippen LogP contribution in [0.3, 0.4) is 0 Å². The van der Waals surface area contributed by atoms with Gasteiger partial charge in [0.2, 0.25) is 0 Å². The van der Waals surface area contributed by atoms with E-state index in [9.17, 15) is 9.18 Å². The number of aromatic nitrogens is 2. The van der Waals surface area contributed by atoms with Crippen LogP contribution in [0.5, 0.6) is 0 Å². The number of nitrogens with two attached hydrogens (primary N) is 1. The van der Waals surface area contributed by atoms with E-state index in [2.05, 4.69) is 36.9 Å². The highest BCUT2D eigenvalue weighted by Crippen LogP contribution is 2.19. The van der Waals surface area contributed by atoms with Gasteiger partial charge in [-0.3, -0.25) is 4.79 Å². The predicted octanol–water partition coefficient (Wildman–Crippen LogP) is 1.92. The lowest BCUT2D eigenvalue weighted by atomic mass is 10.3. The number of nitrogen functional groups attached to an aromatic ring is 1. The van der Waals surface area contributed by atoms with Gasteiger partial charge >= 0.3 is 0 Å². The van der Waals surface area contributed by atoms with Gasteiger partial charge in [0.05, 0.1) is 5.69 Å². The molecule has 1 aromatic heterocycles. The molecular weight excluding hydrogens is 317 g/mol. The minimum absolute atomic E-state index is 0.0568. The first-order valence-corrected chi connectivity index (χ1v) is 5.96. The Morgan fingerprint density at radius 3 is 2.63 bits per heavy atom. The summed E-state index contributed by atoms with van der Waals surface area (Å²) in [6, 6.07) is 7.23. The Bertz CT molecular complexity index is 605. The summed E-state index contributed by atoms with van der Waals surface area (Å²) < 4.78 is 14.1. The summed E-state index contributed by atoms with van der Waals surface area (Å²) in [5.41, 5.74) is 2.41.